The van der Waals surface area contributed by atoms with Crippen molar-refractivity contribution in [1.29, 1.82) is 0 Å². The second-order valence-corrected chi connectivity index (χ2v) is 12.0. The fraction of sp³-hybridized carbons (Fsp3) is 0.0625. The van der Waals surface area contributed by atoms with Gasteiger partial charge in [-0.25, -0.2) is 18.1 Å². The van der Waals surface area contributed by atoms with Crippen LogP contribution in [0, 0.1) is 6.92 Å². The molecule has 0 unspecified atom stereocenters. The van der Waals surface area contributed by atoms with Crippen LogP contribution in [-0.2, 0) is 14.8 Å². The maximum absolute atomic E-state index is 13.0. The third-order valence-corrected chi connectivity index (χ3v) is 9.00. The monoisotopic (exact) mass is 592 g/mol. The molecule has 8 nitrogen and oxygen atoms in total. The zero-order chi connectivity index (χ0) is 29.1. The van der Waals surface area contributed by atoms with Crippen molar-refractivity contribution in [3.63, 3.8) is 0 Å². The van der Waals surface area contributed by atoms with Gasteiger partial charge in [0, 0.05) is 33.2 Å². The molecule has 10 heteroatoms. The SMILES string of the molecule is Cc1ccccc1S(=O)(=O)NC(=O)C1=CC=CCC(c2nc(-c3ccc(-c4csc(-c5ccccc5)n4)cc3)no2)=C1. The number of hydrogen-bond donors (Lipinski definition) is 1. The maximum Gasteiger partial charge on any atom is 0.265 e. The molecule has 0 saturated carbocycles. The van der Waals surface area contributed by atoms with Crippen molar-refractivity contribution in [2.75, 3.05) is 0 Å². The molecule has 1 amide bonds. The summed E-state index contributed by atoms with van der Waals surface area (Å²) in [5, 5.41) is 7.12. The highest BCUT2D eigenvalue weighted by Gasteiger charge is 2.22. The first-order chi connectivity index (χ1) is 20.4. The van der Waals surface area contributed by atoms with Gasteiger partial charge >= 0.3 is 0 Å². The Morgan fingerprint density at radius 2 is 1.64 bits per heavy atom. The van der Waals surface area contributed by atoms with Gasteiger partial charge in [0.1, 0.15) is 5.01 Å². The number of carbonyl (C=O) groups excluding carboxylic acids is 1. The predicted molar refractivity (Wildman–Crippen MR) is 163 cm³/mol. The number of aromatic nitrogens is 3. The summed E-state index contributed by atoms with van der Waals surface area (Å²) >= 11 is 1.59. The van der Waals surface area contributed by atoms with Gasteiger partial charge in [0.05, 0.1) is 10.6 Å². The van der Waals surface area contributed by atoms with Gasteiger partial charge in [-0.2, -0.15) is 4.98 Å². The summed E-state index contributed by atoms with van der Waals surface area (Å²) in [4.78, 5) is 22.3. The van der Waals surface area contributed by atoms with Crippen molar-refractivity contribution in [3.8, 4) is 33.2 Å². The Hall–Kier alpha value is -4.93. The second-order valence-electron chi connectivity index (χ2n) is 9.53. The third kappa shape index (κ3) is 5.76. The maximum atomic E-state index is 13.0. The number of amides is 1. The minimum atomic E-state index is -4.05. The van der Waals surface area contributed by atoms with E-state index in [-0.39, 0.29) is 16.4 Å². The summed E-state index contributed by atoms with van der Waals surface area (Å²) < 4.78 is 33.4. The van der Waals surface area contributed by atoms with E-state index in [1.54, 1.807) is 54.7 Å². The van der Waals surface area contributed by atoms with E-state index in [2.05, 4.69) is 14.9 Å². The van der Waals surface area contributed by atoms with Crippen LogP contribution in [0.2, 0.25) is 0 Å². The Morgan fingerprint density at radius 1 is 0.905 bits per heavy atom. The molecule has 0 saturated heterocycles. The summed E-state index contributed by atoms with van der Waals surface area (Å²) in [6, 6.07) is 24.3. The lowest BCUT2D eigenvalue weighted by Gasteiger charge is -2.09. The van der Waals surface area contributed by atoms with Gasteiger partial charge in [0.25, 0.3) is 21.8 Å². The van der Waals surface area contributed by atoms with Crippen LogP contribution in [0.25, 0.3) is 38.8 Å². The number of aryl methyl sites for hydroxylation is 1. The quantitative estimate of drug-likeness (QED) is 0.226. The molecule has 42 heavy (non-hydrogen) atoms. The molecule has 1 N–H and O–H groups in total. The van der Waals surface area contributed by atoms with Crippen molar-refractivity contribution >= 4 is 32.8 Å². The molecule has 0 atom stereocenters. The zero-order valence-corrected chi connectivity index (χ0v) is 24.0. The van der Waals surface area contributed by atoms with Crippen molar-refractivity contribution < 1.29 is 17.7 Å². The standard InChI is InChI=1S/C32H24N4O4S2/c1-21-9-5-8-14-28(21)42(38,39)36-30(37)25-12-6-7-13-26(19-25)31-34-29(35-40-31)23-17-15-22(16-18-23)27-20-41-32(33-27)24-10-3-2-4-11-24/h2-12,14-20H,13H2,1H3,(H,36,37). The third-order valence-electron chi connectivity index (χ3n) is 6.62. The minimum absolute atomic E-state index is 0.0475. The summed E-state index contributed by atoms with van der Waals surface area (Å²) in [6.07, 6.45) is 7.06. The molecular weight excluding hydrogens is 569 g/mol. The number of carbonyl (C=O) groups is 1. The normalized spacial score (nSPS) is 13.3. The zero-order valence-electron chi connectivity index (χ0n) is 22.4. The van der Waals surface area contributed by atoms with Gasteiger partial charge in [-0.05, 0) is 37.1 Å². The van der Waals surface area contributed by atoms with E-state index in [0.717, 1.165) is 27.4 Å². The molecule has 2 aromatic heterocycles. The fourth-order valence-electron chi connectivity index (χ4n) is 4.43. The lowest BCUT2D eigenvalue weighted by atomic mass is 10.1. The van der Waals surface area contributed by atoms with E-state index in [0.29, 0.717) is 23.4 Å². The molecule has 208 valence electrons. The van der Waals surface area contributed by atoms with Crippen LogP contribution in [0.3, 0.4) is 0 Å². The fourth-order valence-corrected chi connectivity index (χ4v) is 6.48. The van der Waals surface area contributed by atoms with Crippen molar-refractivity contribution in [2.45, 2.75) is 18.2 Å². The van der Waals surface area contributed by atoms with Crippen LogP contribution in [0.5, 0.6) is 0 Å². The number of nitrogens with one attached hydrogen (secondary N) is 1. The average molecular weight is 593 g/mol. The Morgan fingerprint density at radius 3 is 2.43 bits per heavy atom. The van der Waals surface area contributed by atoms with Crippen LogP contribution < -0.4 is 4.72 Å². The van der Waals surface area contributed by atoms with Crippen LogP contribution in [0.4, 0.5) is 0 Å². The number of allylic oxidation sites excluding steroid dienone is 4. The molecule has 0 fully saturated rings. The molecule has 6 rings (SSSR count). The molecule has 1 aliphatic carbocycles. The van der Waals surface area contributed by atoms with Gasteiger partial charge < -0.3 is 4.52 Å². The highest BCUT2D eigenvalue weighted by atomic mass is 32.2. The Kier molecular flexibility index (Phi) is 7.47. The van der Waals surface area contributed by atoms with Crippen molar-refractivity contribution in [1.82, 2.24) is 19.8 Å². The highest BCUT2D eigenvalue weighted by molar-refractivity contribution is 7.90. The number of nitrogens with zero attached hydrogens (tertiary/aromatic N) is 3. The largest absolute Gasteiger partial charge is 0.334 e. The predicted octanol–water partition coefficient (Wildman–Crippen LogP) is 6.61. The molecule has 0 radical (unpaired) electrons. The molecule has 0 bridgehead atoms. The van der Waals surface area contributed by atoms with Crippen LogP contribution in [-0.4, -0.2) is 29.4 Å². The molecular formula is C32H24N4O4S2. The number of sulfonamides is 1. The van der Waals surface area contributed by atoms with Gasteiger partial charge in [0.15, 0.2) is 0 Å². The molecule has 3 aromatic carbocycles. The molecule has 0 spiro atoms. The van der Waals surface area contributed by atoms with E-state index in [9.17, 15) is 13.2 Å². The first-order valence-corrected chi connectivity index (χ1v) is 15.4. The highest BCUT2D eigenvalue weighted by Crippen LogP contribution is 2.30. The molecule has 0 aliphatic heterocycles. The first kappa shape index (κ1) is 27.3. The van der Waals surface area contributed by atoms with Crippen LogP contribution >= 0.6 is 11.3 Å². The van der Waals surface area contributed by atoms with E-state index in [1.165, 1.54) is 6.07 Å². The molecule has 1 aliphatic rings. The number of benzene rings is 3. The van der Waals surface area contributed by atoms with E-state index < -0.39 is 15.9 Å². The summed E-state index contributed by atoms with van der Waals surface area (Å²) in [7, 11) is -4.05. The second kappa shape index (κ2) is 11.5. The number of thiazole rings is 1. The van der Waals surface area contributed by atoms with Gasteiger partial charge in [-0.15, -0.1) is 11.3 Å². The van der Waals surface area contributed by atoms with Gasteiger partial charge in [-0.1, -0.05) is 90.1 Å². The van der Waals surface area contributed by atoms with Crippen LogP contribution in [0.15, 0.2) is 124 Å². The Bertz CT molecular complexity index is 1970. The van der Waals surface area contributed by atoms with Crippen molar-refractivity contribution in [3.05, 3.63) is 126 Å². The summed E-state index contributed by atoms with van der Waals surface area (Å²) in [5.74, 6) is -0.116. The topological polar surface area (TPSA) is 115 Å². The van der Waals surface area contributed by atoms with E-state index >= 15 is 0 Å². The Labute approximate surface area is 246 Å². The van der Waals surface area contributed by atoms with E-state index in [1.807, 2.05) is 66.1 Å². The van der Waals surface area contributed by atoms with E-state index in [4.69, 9.17) is 9.51 Å². The van der Waals surface area contributed by atoms with Gasteiger partial charge in [-0.3, -0.25) is 4.79 Å². The first-order valence-electron chi connectivity index (χ1n) is 13.0. The lowest BCUT2D eigenvalue weighted by molar-refractivity contribution is -0.115. The molecule has 5 aromatic rings. The number of rotatable bonds is 7. The minimum Gasteiger partial charge on any atom is -0.334 e. The summed E-state index contributed by atoms with van der Waals surface area (Å²) in [6.45, 7) is 1.67. The van der Waals surface area contributed by atoms with Crippen molar-refractivity contribution in [2.24, 2.45) is 0 Å². The smallest absolute Gasteiger partial charge is 0.265 e. The average Bonchev–Trinajstić information content (AvgIpc) is 3.63. The Balaban J connectivity index is 1.19. The molecule has 2 heterocycles. The lowest BCUT2D eigenvalue weighted by Crippen LogP contribution is -2.31. The summed E-state index contributed by atoms with van der Waals surface area (Å²) in [5.41, 5.74) is 4.97. The van der Waals surface area contributed by atoms with Crippen LogP contribution in [0.1, 0.15) is 17.9 Å². The number of hydrogen-bond acceptors (Lipinski definition) is 8. The van der Waals surface area contributed by atoms with Gasteiger partial charge in [0.2, 0.25) is 5.82 Å².